The molecule has 10 heteroatoms. The van der Waals surface area contributed by atoms with Crippen molar-refractivity contribution in [3.05, 3.63) is 0 Å². The van der Waals surface area contributed by atoms with Crippen LogP contribution in [0.4, 0.5) is 0 Å². The summed E-state index contributed by atoms with van der Waals surface area (Å²) < 4.78 is 35.2. The molecule has 0 fully saturated rings. The van der Waals surface area contributed by atoms with Crippen LogP contribution in [0.1, 0.15) is 116 Å². The van der Waals surface area contributed by atoms with Crippen molar-refractivity contribution in [1.29, 1.82) is 0 Å². The van der Waals surface area contributed by atoms with Gasteiger partial charge in [-0.1, -0.05) is 102 Å². The summed E-state index contributed by atoms with van der Waals surface area (Å²) in [5.41, 5.74) is 0. The number of aliphatic hydroxyl groups is 2. The molecule has 8 nitrogen and oxygen atoms in total. The summed E-state index contributed by atoms with van der Waals surface area (Å²) >= 11 is 0. The van der Waals surface area contributed by atoms with Gasteiger partial charge in [0.1, 0.15) is 0 Å². The molecule has 0 aliphatic rings. The third-order valence-corrected chi connectivity index (χ3v) is 5.95. The van der Waals surface area contributed by atoms with E-state index in [-0.39, 0.29) is 29.6 Å². The Labute approximate surface area is 228 Å². The molecule has 2 unspecified atom stereocenters. The van der Waals surface area contributed by atoms with Crippen molar-refractivity contribution in [2.45, 2.75) is 134 Å². The normalized spacial score (nSPS) is 13.9. The van der Waals surface area contributed by atoms with E-state index >= 15 is 0 Å². The quantitative estimate of drug-likeness (QED) is 0.0683. The number of unbranched alkanes of at least 4 members (excludes halogenated alkanes) is 13. The van der Waals surface area contributed by atoms with Crippen molar-refractivity contribution in [1.82, 2.24) is 0 Å². The number of carboxylic acid groups (broad SMARTS) is 1. The fourth-order valence-corrected chi connectivity index (χ4v) is 3.92. The summed E-state index contributed by atoms with van der Waals surface area (Å²) in [7, 11) is -5.10. The van der Waals surface area contributed by atoms with Gasteiger partial charge in [-0.3, -0.25) is 4.18 Å². The molecule has 0 heterocycles. The van der Waals surface area contributed by atoms with Crippen molar-refractivity contribution < 1.29 is 66.8 Å². The van der Waals surface area contributed by atoms with Gasteiger partial charge in [0.15, 0.2) is 0 Å². The number of hydrogen-bond acceptors (Lipinski definition) is 7. The zero-order valence-corrected chi connectivity index (χ0v) is 23.9. The summed E-state index contributed by atoms with van der Waals surface area (Å²) in [4.78, 5) is 10.8. The van der Waals surface area contributed by atoms with Crippen LogP contribution in [0.25, 0.3) is 0 Å². The molecule has 3 N–H and O–H groups in total. The Morgan fingerprint density at radius 3 is 1.65 bits per heavy atom. The number of carbonyl (C=O) groups is 1. The van der Waals surface area contributed by atoms with Crippen LogP contribution in [0.2, 0.25) is 0 Å². The average molecular weight is 515 g/mol. The van der Waals surface area contributed by atoms with E-state index in [1.54, 1.807) is 0 Å². The van der Waals surface area contributed by atoms with E-state index in [0.717, 1.165) is 64.2 Å². The fourth-order valence-electron chi connectivity index (χ4n) is 3.56. The second kappa shape index (κ2) is 23.2. The van der Waals surface area contributed by atoms with Crippen molar-refractivity contribution in [2.24, 2.45) is 0 Å². The van der Waals surface area contributed by atoms with E-state index in [2.05, 4.69) is 22.9 Å². The maximum Gasteiger partial charge on any atom is 1.00 e. The Morgan fingerprint density at radius 2 is 1.24 bits per heavy atom. The average Bonchev–Trinajstić information content (AvgIpc) is 2.74. The van der Waals surface area contributed by atoms with Crippen molar-refractivity contribution >= 4 is 16.4 Å². The van der Waals surface area contributed by atoms with Crippen LogP contribution >= 0.6 is 0 Å². The fraction of sp³-hybridized carbons (Fsp3) is 0.875. The summed E-state index contributed by atoms with van der Waals surface area (Å²) in [6, 6.07) is 0. The molecule has 0 amide bonds. The first kappa shape index (κ1) is 36.0. The molecule has 0 aromatic heterocycles. The van der Waals surface area contributed by atoms with E-state index in [0.29, 0.717) is 19.3 Å². The Morgan fingerprint density at radius 1 is 0.824 bits per heavy atom. The Hall–Kier alpha value is -0.180. The van der Waals surface area contributed by atoms with E-state index in [9.17, 15) is 28.0 Å². The van der Waals surface area contributed by atoms with Gasteiger partial charge >= 0.3 is 35.5 Å². The van der Waals surface area contributed by atoms with Crippen LogP contribution in [0.15, 0.2) is 0 Å². The van der Waals surface area contributed by atoms with Gasteiger partial charge in [-0.15, -0.1) is 0 Å². The third-order valence-electron chi connectivity index (χ3n) is 5.52. The standard InChI is InChI=1S/C24H44O8S.Na/c1-2-3-4-15-18-21(25)22(26)19-16-13-11-9-7-5-6-8-10-12-14-17-20-23(24(27)28)32-33(29,30)31;/h21-23,25-26H,2-16,18-19H2,1H3,(H,27,28)(H,29,30,31);/q;+1/p-1/t21?,22?,23-;/m1./s1. The van der Waals surface area contributed by atoms with Gasteiger partial charge in [0.25, 0.3) is 0 Å². The topological polar surface area (TPSA) is 144 Å². The van der Waals surface area contributed by atoms with Gasteiger partial charge in [0.05, 0.1) is 12.2 Å². The molecule has 34 heavy (non-hydrogen) atoms. The van der Waals surface area contributed by atoms with Crippen molar-refractivity contribution in [3.8, 4) is 11.8 Å². The Kier molecular flexibility index (Phi) is 24.6. The second-order valence-electron chi connectivity index (χ2n) is 8.60. The summed E-state index contributed by atoms with van der Waals surface area (Å²) in [5.74, 6) is 3.11. The number of aliphatic carboxylic acids is 1. The molecule has 194 valence electrons. The first-order valence-corrected chi connectivity index (χ1v) is 13.7. The minimum atomic E-state index is -5.10. The molecule has 0 bridgehead atoms. The summed E-state index contributed by atoms with van der Waals surface area (Å²) in [6.07, 6.45) is 13.7. The molecule has 0 aliphatic heterocycles. The van der Waals surface area contributed by atoms with Gasteiger partial charge in [-0.25, -0.2) is 13.2 Å². The molecule has 0 aromatic carbocycles. The maximum atomic E-state index is 10.8. The molecule has 0 saturated carbocycles. The van der Waals surface area contributed by atoms with E-state index < -0.39 is 34.7 Å². The zero-order valence-electron chi connectivity index (χ0n) is 21.0. The molecule has 0 rings (SSSR count). The minimum absolute atomic E-state index is 0. The largest absolute Gasteiger partial charge is 1.00 e. The van der Waals surface area contributed by atoms with Gasteiger partial charge in [0, 0.05) is 6.42 Å². The van der Waals surface area contributed by atoms with Gasteiger partial charge in [-0.05, 0) is 19.3 Å². The molecular formula is C24H43NaO8S. The van der Waals surface area contributed by atoms with Crippen molar-refractivity contribution in [2.75, 3.05) is 0 Å². The van der Waals surface area contributed by atoms with E-state index in [4.69, 9.17) is 5.11 Å². The number of aliphatic hydroxyl groups excluding tert-OH is 2. The first-order valence-electron chi connectivity index (χ1n) is 12.4. The maximum absolute atomic E-state index is 10.8. The van der Waals surface area contributed by atoms with Crippen LogP contribution in [0.3, 0.4) is 0 Å². The first-order chi connectivity index (χ1) is 15.7. The molecule has 0 radical (unpaired) electrons. The Balaban J connectivity index is 0. The predicted octanol–water partition coefficient (Wildman–Crippen LogP) is 1.30. The van der Waals surface area contributed by atoms with Crippen LogP contribution in [-0.4, -0.2) is 52.6 Å². The summed E-state index contributed by atoms with van der Waals surface area (Å²) in [6.45, 7) is 2.15. The zero-order chi connectivity index (χ0) is 25.0. The predicted molar refractivity (Wildman–Crippen MR) is 126 cm³/mol. The molecular weight excluding hydrogens is 471 g/mol. The smallest absolute Gasteiger partial charge is 0.725 e. The number of hydrogen-bond donors (Lipinski definition) is 3. The second-order valence-corrected chi connectivity index (χ2v) is 9.61. The number of carboxylic acids is 1. The minimum Gasteiger partial charge on any atom is -0.725 e. The number of rotatable bonds is 21. The van der Waals surface area contributed by atoms with Gasteiger partial charge in [-0.2, -0.15) is 0 Å². The van der Waals surface area contributed by atoms with E-state index in [1.807, 2.05) is 0 Å². The molecule has 3 atom stereocenters. The van der Waals surface area contributed by atoms with Gasteiger partial charge in [0.2, 0.25) is 16.5 Å². The van der Waals surface area contributed by atoms with E-state index in [1.165, 1.54) is 25.7 Å². The van der Waals surface area contributed by atoms with Gasteiger partial charge < -0.3 is 19.9 Å². The summed E-state index contributed by atoms with van der Waals surface area (Å²) in [5, 5.41) is 28.8. The van der Waals surface area contributed by atoms with Crippen LogP contribution in [0, 0.1) is 11.8 Å². The molecule has 0 saturated heterocycles. The molecule has 0 aromatic rings. The molecule has 0 spiro atoms. The molecule has 0 aliphatic carbocycles. The Bertz CT molecular complexity index is 660. The third kappa shape index (κ3) is 23.6. The monoisotopic (exact) mass is 514 g/mol. The van der Waals surface area contributed by atoms with Crippen LogP contribution in [0.5, 0.6) is 0 Å². The van der Waals surface area contributed by atoms with Crippen LogP contribution < -0.4 is 29.6 Å². The SMILES string of the molecule is CCCCCCC(O)C(O)CCCCCCCCCCCCC#C[C@@H](OS(=O)(=O)[O-])C(=O)O.[Na+]. The van der Waals surface area contributed by atoms with Crippen LogP contribution in [-0.2, 0) is 19.4 Å². The van der Waals surface area contributed by atoms with Crippen molar-refractivity contribution in [3.63, 3.8) is 0 Å².